The summed E-state index contributed by atoms with van der Waals surface area (Å²) in [7, 11) is 0. The fourth-order valence-corrected chi connectivity index (χ4v) is 3.90. The molecule has 0 unspecified atom stereocenters. The number of benzene rings is 2. The third-order valence-corrected chi connectivity index (χ3v) is 5.86. The van der Waals surface area contributed by atoms with Gasteiger partial charge in [-0.25, -0.2) is 9.18 Å². The van der Waals surface area contributed by atoms with Crippen molar-refractivity contribution < 1.29 is 18.3 Å². The van der Waals surface area contributed by atoms with Crippen LogP contribution in [-0.4, -0.2) is 5.97 Å². The Bertz CT molecular complexity index is 815. The van der Waals surface area contributed by atoms with Crippen LogP contribution >= 0.6 is 0 Å². The van der Waals surface area contributed by atoms with Gasteiger partial charge in [0.15, 0.2) is 11.6 Å². The minimum Gasteiger partial charge on any atom is -0.420 e. The second-order valence-corrected chi connectivity index (χ2v) is 8.62. The molecule has 0 saturated heterocycles. The van der Waals surface area contributed by atoms with Crippen LogP contribution in [0.25, 0.3) is 0 Å². The predicted octanol–water partition coefficient (Wildman–Crippen LogP) is 8.60. The Hall–Kier alpha value is -2.23. The zero-order valence-corrected chi connectivity index (χ0v) is 19.7. The van der Waals surface area contributed by atoms with E-state index in [0.717, 1.165) is 37.7 Å². The first-order chi connectivity index (χ1) is 15.6. The summed E-state index contributed by atoms with van der Waals surface area (Å²) in [6.07, 6.45) is 14.4. The first-order valence-electron chi connectivity index (χ1n) is 12.3. The summed E-state index contributed by atoms with van der Waals surface area (Å²) in [4.78, 5) is 12.3. The average molecular weight is 445 g/mol. The van der Waals surface area contributed by atoms with Crippen LogP contribution < -0.4 is 4.74 Å². The van der Waals surface area contributed by atoms with Crippen molar-refractivity contribution in [2.24, 2.45) is 0 Å². The lowest BCUT2D eigenvalue weighted by Crippen LogP contribution is -2.10. The van der Waals surface area contributed by atoms with Gasteiger partial charge in [-0.05, 0) is 48.6 Å². The van der Waals surface area contributed by atoms with Gasteiger partial charge >= 0.3 is 5.97 Å². The van der Waals surface area contributed by atoms with E-state index < -0.39 is 17.6 Å². The lowest BCUT2D eigenvalue weighted by atomic mass is 10.0. The van der Waals surface area contributed by atoms with Crippen molar-refractivity contribution in [1.29, 1.82) is 0 Å². The van der Waals surface area contributed by atoms with Crippen LogP contribution in [0.4, 0.5) is 8.78 Å². The molecule has 4 heteroatoms. The van der Waals surface area contributed by atoms with E-state index in [0.29, 0.717) is 17.5 Å². The second kappa shape index (κ2) is 14.8. The molecule has 0 aliphatic rings. The molecule has 0 N–H and O–H groups in total. The SMILES string of the molecule is CCCCCCCCCCCCc1ccc(OC(=O)c2ccc(CCC)cc2)c(F)c1F. The Balaban J connectivity index is 1.77. The van der Waals surface area contributed by atoms with E-state index in [-0.39, 0.29) is 5.75 Å². The van der Waals surface area contributed by atoms with Crippen molar-refractivity contribution in [3.05, 3.63) is 64.7 Å². The summed E-state index contributed by atoms with van der Waals surface area (Å²) in [6.45, 7) is 4.31. The molecule has 0 aliphatic heterocycles. The van der Waals surface area contributed by atoms with E-state index >= 15 is 0 Å². The Morgan fingerprint density at radius 3 is 1.88 bits per heavy atom. The molecular formula is C28H38F2O2. The monoisotopic (exact) mass is 444 g/mol. The van der Waals surface area contributed by atoms with Crippen molar-refractivity contribution in [2.45, 2.75) is 97.3 Å². The zero-order chi connectivity index (χ0) is 23.2. The summed E-state index contributed by atoms with van der Waals surface area (Å²) < 4.78 is 34.0. The van der Waals surface area contributed by atoms with Crippen LogP contribution in [0, 0.1) is 11.6 Å². The number of aryl methyl sites for hydroxylation is 2. The van der Waals surface area contributed by atoms with Crippen molar-refractivity contribution in [1.82, 2.24) is 0 Å². The van der Waals surface area contributed by atoms with E-state index in [4.69, 9.17) is 4.74 Å². The van der Waals surface area contributed by atoms with Crippen LogP contribution in [0.1, 0.15) is 106 Å². The number of hydrogen-bond donors (Lipinski definition) is 0. The van der Waals surface area contributed by atoms with Gasteiger partial charge in [-0.3, -0.25) is 0 Å². The van der Waals surface area contributed by atoms with E-state index in [1.807, 2.05) is 12.1 Å². The molecule has 2 nitrogen and oxygen atoms in total. The number of halogens is 2. The van der Waals surface area contributed by atoms with Gasteiger partial charge in [0.25, 0.3) is 0 Å². The minimum absolute atomic E-state index is 0.319. The Morgan fingerprint density at radius 1 is 0.688 bits per heavy atom. The van der Waals surface area contributed by atoms with E-state index in [2.05, 4.69) is 13.8 Å². The molecule has 0 heterocycles. The van der Waals surface area contributed by atoms with Gasteiger partial charge in [0.1, 0.15) is 0 Å². The molecule has 2 aromatic carbocycles. The zero-order valence-electron chi connectivity index (χ0n) is 19.7. The van der Waals surface area contributed by atoms with Crippen molar-refractivity contribution in [3.63, 3.8) is 0 Å². The highest BCUT2D eigenvalue weighted by atomic mass is 19.2. The highest BCUT2D eigenvalue weighted by Crippen LogP contribution is 2.25. The molecule has 0 saturated carbocycles. The van der Waals surface area contributed by atoms with Gasteiger partial charge < -0.3 is 4.74 Å². The maximum absolute atomic E-state index is 14.5. The topological polar surface area (TPSA) is 26.3 Å². The van der Waals surface area contributed by atoms with E-state index in [9.17, 15) is 13.6 Å². The first kappa shape index (κ1) is 26.0. The fraction of sp³-hybridized carbons (Fsp3) is 0.536. The lowest BCUT2D eigenvalue weighted by molar-refractivity contribution is 0.0726. The smallest absolute Gasteiger partial charge is 0.343 e. The molecule has 0 fully saturated rings. The Kier molecular flexibility index (Phi) is 12.0. The van der Waals surface area contributed by atoms with Gasteiger partial charge in [0, 0.05) is 0 Å². The number of ether oxygens (including phenoxy) is 1. The third-order valence-electron chi connectivity index (χ3n) is 5.86. The molecule has 0 amide bonds. The molecule has 2 rings (SSSR count). The van der Waals surface area contributed by atoms with Crippen LogP contribution in [0.3, 0.4) is 0 Å². The van der Waals surface area contributed by atoms with Gasteiger partial charge in [0.2, 0.25) is 5.82 Å². The number of unbranched alkanes of at least 4 members (excludes halogenated alkanes) is 9. The first-order valence-corrected chi connectivity index (χ1v) is 12.3. The molecule has 32 heavy (non-hydrogen) atoms. The Labute approximate surface area is 192 Å². The number of carbonyl (C=O) groups excluding carboxylic acids is 1. The largest absolute Gasteiger partial charge is 0.420 e. The normalized spacial score (nSPS) is 11.0. The maximum atomic E-state index is 14.5. The summed E-state index contributed by atoms with van der Waals surface area (Å²) in [5.74, 6) is -3.05. The number of rotatable bonds is 15. The molecule has 0 spiro atoms. The van der Waals surface area contributed by atoms with Gasteiger partial charge in [-0.1, -0.05) is 96.3 Å². The highest BCUT2D eigenvalue weighted by Gasteiger charge is 2.18. The molecule has 0 aromatic heterocycles. The standard InChI is InChI=1S/C28H38F2O2/c1-3-5-6-7-8-9-10-11-12-13-15-23-20-21-25(27(30)26(23)29)32-28(31)24-18-16-22(14-4-2)17-19-24/h16-21H,3-15H2,1-2H3. The molecular weight excluding hydrogens is 406 g/mol. The fourth-order valence-electron chi connectivity index (χ4n) is 3.90. The van der Waals surface area contributed by atoms with Gasteiger partial charge in [-0.15, -0.1) is 0 Å². The maximum Gasteiger partial charge on any atom is 0.343 e. The number of esters is 1. The van der Waals surface area contributed by atoms with Crippen LogP contribution in [-0.2, 0) is 12.8 Å². The number of carbonyl (C=O) groups is 1. The van der Waals surface area contributed by atoms with Crippen LogP contribution in [0.2, 0.25) is 0 Å². The summed E-state index contributed by atoms with van der Waals surface area (Å²) >= 11 is 0. The molecule has 0 bridgehead atoms. The van der Waals surface area contributed by atoms with Crippen molar-refractivity contribution in [2.75, 3.05) is 0 Å². The molecule has 0 radical (unpaired) electrons. The quantitative estimate of drug-likeness (QED) is 0.156. The van der Waals surface area contributed by atoms with E-state index in [1.54, 1.807) is 12.1 Å². The van der Waals surface area contributed by atoms with Crippen molar-refractivity contribution >= 4 is 5.97 Å². The average Bonchev–Trinajstić information content (AvgIpc) is 2.80. The minimum atomic E-state index is -1.09. The van der Waals surface area contributed by atoms with Crippen LogP contribution in [0.15, 0.2) is 36.4 Å². The van der Waals surface area contributed by atoms with Crippen molar-refractivity contribution in [3.8, 4) is 5.75 Å². The molecule has 176 valence electrons. The molecule has 0 atom stereocenters. The highest BCUT2D eigenvalue weighted by molar-refractivity contribution is 5.91. The summed E-state index contributed by atoms with van der Waals surface area (Å²) in [6, 6.07) is 9.90. The van der Waals surface area contributed by atoms with E-state index in [1.165, 1.54) is 57.1 Å². The Morgan fingerprint density at radius 2 is 1.28 bits per heavy atom. The van der Waals surface area contributed by atoms with Gasteiger partial charge in [0.05, 0.1) is 5.56 Å². The number of hydrogen-bond acceptors (Lipinski definition) is 2. The lowest BCUT2D eigenvalue weighted by Gasteiger charge is -2.10. The van der Waals surface area contributed by atoms with Crippen LogP contribution in [0.5, 0.6) is 5.75 Å². The predicted molar refractivity (Wildman–Crippen MR) is 127 cm³/mol. The third kappa shape index (κ3) is 8.72. The van der Waals surface area contributed by atoms with Gasteiger partial charge in [-0.2, -0.15) is 4.39 Å². The second-order valence-electron chi connectivity index (χ2n) is 8.62. The summed E-state index contributed by atoms with van der Waals surface area (Å²) in [5.41, 5.74) is 1.78. The molecule has 2 aromatic rings. The molecule has 0 aliphatic carbocycles. The summed E-state index contributed by atoms with van der Waals surface area (Å²) in [5, 5.41) is 0.